The van der Waals surface area contributed by atoms with E-state index in [0.717, 1.165) is 31.8 Å². The fraction of sp³-hybridized carbons (Fsp3) is 0.500. The van der Waals surface area contributed by atoms with Gasteiger partial charge in [-0.2, -0.15) is 0 Å². The van der Waals surface area contributed by atoms with Crippen molar-refractivity contribution >= 4 is 5.91 Å². The van der Waals surface area contributed by atoms with Crippen LogP contribution in [0, 0.1) is 0 Å². The Labute approximate surface area is 125 Å². The van der Waals surface area contributed by atoms with Gasteiger partial charge in [0, 0.05) is 37.6 Å². The fourth-order valence-electron chi connectivity index (χ4n) is 3.08. The number of carbonyl (C=O) groups is 1. The highest BCUT2D eigenvalue weighted by Gasteiger charge is 2.27. The Balaban J connectivity index is 1.77. The second-order valence-electron chi connectivity index (χ2n) is 5.98. The van der Waals surface area contributed by atoms with E-state index >= 15 is 0 Å². The number of carbonyl (C=O) groups excluding carboxylic acids is 1. The Bertz CT molecular complexity index is 600. The lowest BCUT2D eigenvalue weighted by atomic mass is 10.0. The number of amides is 1. The van der Waals surface area contributed by atoms with Crippen LogP contribution in [0.5, 0.6) is 0 Å². The second-order valence-corrected chi connectivity index (χ2v) is 5.98. The number of H-pyrrole nitrogens is 1. The van der Waals surface area contributed by atoms with E-state index in [0.29, 0.717) is 17.7 Å². The molecule has 1 amide bonds. The van der Waals surface area contributed by atoms with Crippen LogP contribution in [0.2, 0.25) is 0 Å². The molecule has 1 N–H and O–H groups in total. The molecule has 21 heavy (non-hydrogen) atoms. The summed E-state index contributed by atoms with van der Waals surface area (Å²) in [7, 11) is 0. The molecule has 1 unspecified atom stereocenters. The molecule has 2 aromatic rings. The monoisotopic (exact) mass is 286 g/mol. The van der Waals surface area contributed by atoms with Crippen LogP contribution in [0.3, 0.4) is 0 Å². The zero-order chi connectivity index (χ0) is 14.8. The second kappa shape index (κ2) is 5.76. The molecule has 3 rings (SSSR count). The Morgan fingerprint density at radius 2 is 2.33 bits per heavy atom. The average Bonchev–Trinajstić information content (AvgIpc) is 3.17. The number of hydrogen-bond acceptors (Lipinski definition) is 2. The number of likely N-dealkylation sites (tertiary alicyclic amines) is 1. The van der Waals surface area contributed by atoms with Crippen LogP contribution >= 0.6 is 0 Å². The SMILES string of the molecule is CC(C)c1nccn1C1CCCN(C(=O)c2ccc[nH]2)C1. The summed E-state index contributed by atoms with van der Waals surface area (Å²) < 4.78 is 2.25. The molecule has 0 spiro atoms. The van der Waals surface area contributed by atoms with Crippen molar-refractivity contribution in [1.29, 1.82) is 0 Å². The Morgan fingerprint density at radius 3 is 3.05 bits per heavy atom. The number of aromatic amines is 1. The minimum Gasteiger partial charge on any atom is -0.357 e. The third kappa shape index (κ3) is 2.73. The predicted octanol–water partition coefficient (Wildman–Crippen LogP) is 2.81. The van der Waals surface area contributed by atoms with Crippen LogP contribution in [0.15, 0.2) is 30.7 Å². The summed E-state index contributed by atoms with van der Waals surface area (Å²) in [5.74, 6) is 1.60. The number of hydrogen-bond donors (Lipinski definition) is 1. The minimum absolute atomic E-state index is 0.0934. The van der Waals surface area contributed by atoms with Crippen molar-refractivity contribution in [3.63, 3.8) is 0 Å². The zero-order valence-corrected chi connectivity index (χ0v) is 12.6. The van der Waals surface area contributed by atoms with Gasteiger partial charge in [0.15, 0.2) is 0 Å². The van der Waals surface area contributed by atoms with E-state index in [4.69, 9.17) is 0 Å². The lowest BCUT2D eigenvalue weighted by Crippen LogP contribution is -2.41. The molecule has 0 radical (unpaired) electrons. The maximum absolute atomic E-state index is 12.5. The van der Waals surface area contributed by atoms with Crippen molar-refractivity contribution in [2.24, 2.45) is 0 Å². The Kier molecular flexibility index (Phi) is 3.82. The van der Waals surface area contributed by atoms with Crippen molar-refractivity contribution in [2.75, 3.05) is 13.1 Å². The maximum Gasteiger partial charge on any atom is 0.270 e. The van der Waals surface area contributed by atoms with Gasteiger partial charge in [0.05, 0.1) is 6.04 Å². The van der Waals surface area contributed by atoms with Crippen molar-refractivity contribution < 1.29 is 4.79 Å². The summed E-state index contributed by atoms with van der Waals surface area (Å²) in [6.07, 6.45) is 7.84. The topological polar surface area (TPSA) is 53.9 Å². The molecular formula is C16H22N4O. The molecule has 1 atom stereocenters. The first-order valence-electron chi connectivity index (χ1n) is 7.62. The van der Waals surface area contributed by atoms with Gasteiger partial charge in [-0.05, 0) is 25.0 Å². The fourth-order valence-corrected chi connectivity index (χ4v) is 3.08. The lowest BCUT2D eigenvalue weighted by molar-refractivity contribution is 0.0672. The standard InChI is InChI=1S/C16H22N4O/c1-12(2)15-18-8-10-20(15)13-5-4-9-19(11-13)16(21)14-6-3-7-17-14/h3,6-8,10,12-13,17H,4-5,9,11H2,1-2H3. The van der Waals surface area contributed by atoms with E-state index in [2.05, 4.69) is 28.4 Å². The van der Waals surface area contributed by atoms with Gasteiger partial charge in [-0.1, -0.05) is 13.8 Å². The number of nitrogens with zero attached hydrogens (tertiary/aromatic N) is 3. The third-order valence-corrected chi connectivity index (χ3v) is 4.12. The van der Waals surface area contributed by atoms with Crippen molar-refractivity contribution in [2.45, 2.75) is 38.6 Å². The van der Waals surface area contributed by atoms with Crippen molar-refractivity contribution in [3.05, 3.63) is 42.2 Å². The summed E-state index contributed by atoms with van der Waals surface area (Å²) in [6.45, 7) is 5.90. The smallest absolute Gasteiger partial charge is 0.270 e. The third-order valence-electron chi connectivity index (χ3n) is 4.12. The molecule has 1 saturated heterocycles. The number of piperidine rings is 1. The van der Waals surface area contributed by atoms with E-state index in [-0.39, 0.29) is 5.91 Å². The lowest BCUT2D eigenvalue weighted by Gasteiger charge is -2.34. The van der Waals surface area contributed by atoms with Gasteiger partial charge in [0.25, 0.3) is 5.91 Å². The summed E-state index contributed by atoms with van der Waals surface area (Å²) >= 11 is 0. The van der Waals surface area contributed by atoms with E-state index in [1.165, 1.54) is 0 Å². The molecule has 0 saturated carbocycles. The van der Waals surface area contributed by atoms with E-state index in [1.807, 2.05) is 29.4 Å². The zero-order valence-electron chi connectivity index (χ0n) is 12.6. The molecule has 5 heteroatoms. The van der Waals surface area contributed by atoms with Gasteiger partial charge in [-0.15, -0.1) is 0 Å². The largest absolute Gasteiger partial charge is 0.357 e. The summed E-state index contributed by atoms with van der Waals surface area (Å²) in [5, 5.41) is 0. The minimum atomic E-state index is 0.0934. The van der Waals surface area contributed by atoms with E-state index < -0.39 is 0 Å². The molecule has 0 aromatic carbocycles. The van der Waals surface area contributed by atoms with Crippen molar-refractivity contribution in [3.8, 4) is 0 Å². The maximum atomic E-state index is 12.5. The Morgan fingerprint density at radius 1 is 1.48 bits per heavy atom. The highest BCUT2D eigenvalue weighted by molar-refractivity contribution is 5.92. The molecule has 5 nitrogen and oxygen atoms in total. The van der Waals surface area contributed by atoms with Crippen LogP contribution in [0.4, 0.5) is 0 Å². The highest BCUT2D eigenvalue weighted by Crippen LogP contribution is 2.26. The number of rotatable bonds is 3. The van der Waals surface area contributed by atoms with Gasteiger partial charge >= 0.3 is 0 Å². The van der Waals surface area contributed by atoms with Gasteiger partial charge in [-0.3, -0.25) is 4.79 Å². The molecule has 0 aliphatic carbocycles. The summed E-state index contributed by atoms with van der Waals surface area (Å²) in [5.41, 5.74) is 0.672. The first kappa shape index (κ1) is 13.9. The molecular weight excluding hydrogens is 264 g/mol. The normalized spacial score (nSPS) is 19.2. The van der Waals surface area contributed by atoms with Crippen LogP contribution in [-0.2, 0) is 0 Å². The van der Waals surface area contributed by atoms with Gasteiger partial charge < -0.3 is 14.5 Å². The first-order valence-corrected chi connectivity index (χ1v) is 7.62. The van der Waals surface area contributed by atoms with Crippen LogP contribution < -0.4 is 0 Å². The average molecular weight is 286 g/mol. The number of imidazole rings is 1. The van der Waals surface area contributed by atoms with Crippen LogP contribution in [0.1, 0.15) is 55.0 Å². The van der Waals surface area contributed by atoms with Gasteiger partial charge in [-0.25, -0.2) is 4.98 Å². The van der Waals surface area contributed by atoms with Gasteiger partial charge in [0.2, 0.25) is 0 Å². The molecule has 2 aromatic heterocycles. The van der Waals surface area contributed by atoms with Crippen molar-refractivity contribution in [1.82, 2.24) is 19.4 Å². The van der Waals surface area contributed by atoms with E-state index in [1.54, 1.807) is 6.20 Å². The predicted molar refractivity (Wildman–Crippen MR) is 81.3 cm³/mol. The number of nitrogens with one attached hydrogen (secondary N) is 1. The molecule has 1 aliphatic rings. The molecule has 0 bridgehead atoms. The first-order chi connectivity index (χ1) is 10.2. The summed E-state index contributed by atoms with van der Waals surface area (Å²) in [4.78, 5) is 21.9. The Hall–Kier alpha value is -2.04. The molecule has 1 aliphatic heterocycles. The van der Waals surface area contributed by atoms with Crippen LogP contribution in [0.25, 0.3) is 0 Å². The van der Waals surface area contributed by atoms with Crippen LogP contribution in [-0.4, -0.2) is 38.4 Å². The summed E-state index contributed by atoms with van der Waals surface area (Å²) in [6, 6.07) is 4.03. The molecule has 112 valence electrons. The molecule has 1 fully saturated rings. The molecule has 3 heterocycles. The van der Waals surface area contributed by atoms with E-state index in [9.17, 15) is 4.79 Å². The number of aromatic nitrogens is 3. The quantitative estimate of drug-likeness (QED) is 0.943. The van der Waals surface area contributed by atoms with Gasteiger partial charge in [0.1, 0.15) is 11.5 Å². The highest BCUT2D eigenvalue weighted by atomic mass is 16.2.